The average molecular weight is 281 g/mol. The maximum Gasteiger partial charge on any atom is 0.266 e. The Morgan fingerprint density at radius 2 is 1.52 bits per heavy atom. The fraction of sp³-hybridized carbons (Fsp3) is 0.176. The van der Waals surface area contributed by atoms with Crippen LogP contribution in [0.5, 0.6) is 5.75 Å². The summed E-state index contributed by atoms with van der Waals surface area (Å²) in [7, 11) is 0. The maximum atomic E-state index is 12.4. The first-order valence-electron chi connectivity index (χ1n) is 6.82. The lowest BCUT2D eigenvalue weighted by molar-refractivity contribution is 0.0926. The minimum Gasteiger partial charge on any atom is -0.491 e. The van der Waals surface area contributed by atoms with Crippen molar-refractivity contribution in [3.05, 3.63) is 59.7 Å². The van der Waals surface area contributed by atoms with Crippen molar-refractivity contribution in [3.8, 4) is 5.75 Å². The number of imide groups is 1. The van der Waals surface area contributed by atoms with Crippen LogP contribution in [-0.4, -0.2) is 17.9 Å². The van der Waals surface area contributed by atoms with Crippen LogP contribution in [0.2, 0.25) is 0 Å². The summed E-state index contributed by atoms with van der Waals surface area (Å²) in [4.78, 5) is 26.0. The zero-order valence-electron chi connectivity index (χ0n) is 11.9. The van der Waals surface area contributed by atoms with Gasteiger partial charge in [0, 0.05) is 6.07 Å². The molecule has 0 saturated heterocycles. The number of anilines is 1. The molecule has 1 aliphatic rings. The quantitative estimate of drug-likeness (QED) is 0.811. The van der Waals surface area contributed by atoms with E-state index in [-0.39, 0.29) is 17.9 Å². The number of rotatable bonds is 3. The molecule has 0 unspecified atom stereocenters. The Bertz CT molecular complexity index is 686. The predicted octanol–water partition coefficient (Wildman–Crippen LogP) is 3.27. The second-order valence-corrected chi connectivity index (χ2v) is 5.16. The zero-order chi connectivity index (χ0) is 15.0. The van der Waals surface area contributed by atoms with Gasteiger partial charge in [0.05, 0.1) is 22.9 Å². The third kappa shape index (κ3) is 2.29. The Hall–Kier alpha value is -2.62. The number of hydrogen-bond donors (Lipinski definition) is 0. The molecule has 106 valence electrons. The van der Waals surface area contributed by atoms with Gasteiger partial charge in [0.2, 0.25) is 0 Å². The number of carbonyl (C=O) groups is 2. The SMILES string of the molecule is CC(C)Oc1cccc(N2C(=O)c3ccccc3C2=O)c1. The Kier molecular flexibility index (Phi) is 3.22. The molecule has 0 bridgehead atoms. The Labute approximate surface area is 123 Å². The molecule has 0 aliphatic carbocycles. The molecule has 2 amide bonds. The largest absolute Gasteiger partial charge is 0.491 e. The number of ether oxygens (including phenoxy) is 1. The lowest BCUT2D eigenvalue weighted by atomic mass is 10.1. The Balaban J connectivity index is 1.99. The van der Waals surface area contributed by atoms with Crippen LogP contribution in [0.4, 0.5) is 5.69 Å². The first kappa shape index (κ1) is 13.4. The van der Waals surface area contributed by atoms with Crippen LogP contribution in [-0.2, 0) is 0 Å². The van der Waals surface area contributed by atoms with Gasteiger partial charge in [-0.1, -0.05) is 18.2 Å². The zero-order valence-corrected chi connectivity index (χ0v) is 11.9. The Morgan fingerprint density at radius 3 is 2.10 bits per heavy atom. The highest BCUT2D eigenvalue weighted by Crippen LogP contribution is 2.30. The summed E-state index contributed by atoms with van der Waals surface area (Å²) in [5, 5.41) is 0. The highest BCUT2D eigenvalue weighted by Gasteiger charge is 2.36. The molecule has 3 rings (SSSR count). The highest BCUT2D eigenvalue weighted by molar-refractivity contribution is 6.34. The van der Waals surface area contributed by atoms with Gasteiger partial charge in [0.25, 0.3) is 11.8 Å². The number of fused-ring (bicyclic) bond motifs is 1. The van der Waals surface area contributed by atoms with E-state index in [0.717, 1.165) is 0 Å². The predicted molar refractivity (Wildman–Crippen MR) is 79.8 cm³/mol. The molecule has 0 saturated carbocycles. The van der Waals surface area contributed by atoms with Crippen molar-refractivity contribution in [1.82, 2.24) is 0 Å². The minimum atomic E-state index is -0.294. The molecule has 0 N–H and O–H groups in total. The molecule has 0 aromatic heterocycles. The molecular formula is C17H15NO3. The van der Waals surface area contributed by atoms with Crippen molar-refractivity contribution < 1.29 is 14.3 Å². The number of benzene rings is 2. The number of hydrogen-bond acceptors (Lipinski definition) is 3. The van der Waals surface area contributed by atoms with Crippen molar-refractivity contribution in [2.75, 3.05) is 4.90 Å². The molecule has 1 aliphatic heterocycles. The summed E-state index contributed by atoms with van der Waals surface area (Å²) in [6.45, 7) is 3.85. The van der Waals surface area contributed by atoms with E-state index >= 15 is 0 Å². The van der Waals surface area contributed by atoms with Gasteiger partial charge < -0.3 is 4.74 Å². The van der Waals surface area contributed by atoms with Gasteiger partial charge in [-0.3, -0.25) is 9.59 Å². The minimum absolute atomic E-state index is 0.0300. The van der Waals surface area contributed by atoms with Crippen LogP contribution >= 0.6 is 0 Å². The lowest BCUT2D eigenvalue weighted by Gasteiger charge is -2.16. The van der Waals surface area contributed by atoms with Gasteiger partial charge in [0.1, 0.15) is 5.75 Å². The fourth-order valence-corrected chi connectivity index (χ4v) is 2.39. The van der Waals surface area contributed by atoms with E-state index in [1.54, 1.807) is 42.5 Å². The van der Waals surface area contributed by atoms with E-state index in [0.29, 0.717) is 22.6 Å². The van der Waals surface area contributed by atoms with Crippen LogP contribution in [0, 0.1) is 0 Å². The summed E-state index contributed by atoms with van der Waals surface area (Å²) in [6, 6.07) is 13.9. The third-order valence-corrected chi connectivity index (χ3v) is 3.24. The highest BCUT2D eigenvalue weighted by atomic mass is 16.5. The molecule has 0 fully saturated rings. The topological polar surface area (TPSA) is 46.6 Å². The summed E-state index contributed by atoms with van der Waals surface area (Å²) in [5.74, 6) is 0.0497. The van der Waals surface area contributed by atoms with Gasteiger partial charge in [-0.05, 0) is 38.1 Å². The first-order valence-corrected chi connectivity index (χ1v) is 6.82. The molecule has 0 radical (unpaired) electrons. The fourth-order valence-electron chi connectivity index (χ4n) is 2.39. The van der Waals surface area contributed by atoms with Crippen LogP contribution in [0.25, 0.3) is 0 Å². The van der Waals surface area contributed by atoms with E-state index in [9.17, 15) is 9.59 Å². The smallest absolute Gasteiger partial charge is 0.266 e. The monoisotopic (exact) mass is 281 g/mol. The molecule has 2 aromatic carbocycles. The number of carbonyl (C=O) groups excluding carboxylic acids is 2. The van der Waals surface area contributed by atoms with E-state index in [1.807, 2.05) is 19.9 Å². The van der Waals surface area contributed by atoms with Crippen LogP contribution in [0.15, 0.2) is 48.5 Å². The van der Waals surface area contributed by atoms with Crippen LogP contribution in [0.1, 0.15) is 34.6 Å². The van der Waals surface area contributed by atoms with E-state index in [1.165, 1.54) is 4.90 Å². The molecule has 0 spiro atoms. The Morgan fingerprint density at radius 1 is 0.905 bits per heavy atom. The number of nitrogens with zero attached hydrogens (tertiary/aromatic N) is 1. The van der Waals surface area contributed by atoms with Crippen molar-refractivity contribution in [3.63, 3.8) is 0 Å². The summed E-state index contributed by atoms with van der Waals surface area (Å²) in [6.07, 6.45) is 0.0300. The normalized spacial score (nSPS) is 13.8. The molecule has 1 heterocycles. The van der Waals surface area contributed by atoms with E-state index in [2.05, 4.69) is 0 Å². The van der Waals surface area contributed by atoms with Crippen molar-refractivity contribution in [1.29, 1.82) is 0 Å². The lowest BCUT2D eigenvalue weighted by Crippen LogP contribution is -2.29. The molecule has 4 heteroatoms. The summed E-state index contributed by atoms with van der Waals surface area (Å²) in [5.41, 5.74) is 1.41. The first-order chi connectivity index (χ1) is 10.1. The van der Waals surface area contributed by atoms with Gasteiger partial charge >= 0.3 is 0 Å². The van der Waals surface area contributed by atoms with E-state index in [4.69, 9.17) is 4.74 Å². The van der Waals surface area contributed by atoms with Crippen LogP contribution < -0.4 is 9.64 Å². The van der Waals surface area contributed by atoms with Gasteiger partial charge in [-0.2, -0.15) is 0 Å². The number of amides is 2. The molecule has 21 heavy (non-hydrogen) atoms. The van der Waals surface area contributed by atoms with Crippen molar-refractivity contribution in [2.24, 2.45) is 0 Å². The van der Waals surface area contributed by atoms with Gasteiger partial charge in [-0.25, -0.2) is 4.90 Å². The molecule has 0 atom stereocenters. The molecular weight excluding hydrogens is 266 g/mol. The molecule has 2 aromatic rings. The average Bonchev–Trinajstić information content (AvgIpc) is 2.71. The second kappa shape index (κ2) is 5.05. The van der Waals surface area contributed by atoms with E-state index < -0.39 is 0 Å². The third-order valence-electron chi connectivity index (χ3n) is 3.24. The van der Waals surface area contributed by atoms with Crippen molar-refractivity contribution in [2.45, 2.75) is 20.0 Å². The standard InChI is InChI=1S/C17H15NO3/c1-11(2)21-13-7-5-6-12(10-13)18-16(19)14-8-3-4-9-15(14)17(18)20/h3-11H,1-2H3. The maximum absolute atomic E-state index is 12.4. The summed E-state index contributed by atoms with van der Waals surface area (Å²) >= 11 is 0. The summed E-state index contributed by atoms with van der Waals surface area (Å²) < 4.78 is 5.61. The van der Waals surface area contributed by atoms with Gasteiger partial charge in [0.15, 0.2) is 0 Å². The van der Waals surface area contributed by atoms with Crippen LogP contribution in [0.3, 0.4) is 0 Å². The molecule has 4 nitrogen and oxygen atoms in total. The van der Waals surface area contributed by atoms with Crippen molar-refractivity contribution >= 4 is 17.5 Å². The second-order valence-electron chi connectivity index (χ2n) is 5.16. The van der Waals surface area contributed by atoms with Gasteiger partial charge in [-0.15, -0.1) is 0 Å².